The molecule has 0 spiro atoms. The minimum Gasteiger partial charge on any atom is -0.422 e. The molecule has 2 heterocycles. The van der Waals surface area contributed by atoms with E-state index in [-0.39, 0.29) is 16.7 Å². The number of benzene rings is 1. The number of carbonyl (C=O) groups excluding carboxylic acids is 1. The molecule has 0 unspecified atom stereocenters. The van der Waals surface area contributed by atoms with Gasteiger partial charge < -0.3 is 8.83 Å². The maximum Gasteiger partial charge on any atom is 0.471 e. The van der Waals surface area contributed by atoms with Crippen molar-refractivity contribution in [2.45, 2.75) is 13.1 Å². The fourth-order valence-corrected chi connectivity index (χ4v) is 1.92. The molecule has 0 aliphatic carbocycles. The number of fused-ring (bicyclic) bond motifs is 3. The molecule has 3 rings (SSSR count). The number of nitrogens with one attached hydrogen (secondary N) is 1. The molecular weight excluding hydrogens is 305 g/mol. The predicted molar refractivity (Wildman–Crippen MR) is 69.5 cm³/mol. The quantitative estimate of drug-likeness (QED) is 0.698. The number of anilines is 1. The highest BCUT2D eigenvalue weighted by Gasteiger charge is 2.39. The Morgan fingerprint density at radius 3 is 2.68 bits per heavy atom. The second-order valence-corrected chi connectivity index (χ2v) is 4.54. The molecule has 114 valence electrons. The Labute approximate surface area is 119 Å². The molecule has 0 radical (unpaired) electrons. The summed E-state index contributed by atoms with van der Waals surface area (Å²) in [5.41, 5.74) is -0.196. The lowest BCUT2D eigenvalue weighted by Crippen LogP contribution is -2.30. The van der Waals surface area contributed by atoms with Crippen molar-refractivity contribution in [2.24, 2.45) is 0 Å². The number of rotatable bonds is 1. The Hall–Kier alpha value is -2.84. The number of oxazole rings is 1. The van der Waals surface area contributed by atoms with Gasteiger partial charge in [0.05, 0.1) is 5.39 Å². The van der Waals surface area contributed by atoms with Gasteiger partial charge in [0.2, 0.25) is 0 Å². The minimum absolute atomic E-state index is 0.0487. The third-order valence-corrected chi connectivity index (χ3v) is 2.88. The lowest BCUT2D eigenvalue weighted by atomic mass is 10.1. The van der Waals surface area contributed by atoms with E-state index in [0.717, 1.165) is 5.56 Å². The molecule has 0 atom stereocenters. The van der Waals surface area contributed by atoms with Crippen LogP contribution in [0.25, 0.3) is 22.1 Å². The molecule has 22 heavy (non-hydrogen) atoms. The lowest BCUT2D eigenvalue weighted by molar-refractivity contribution is -0.167. The van der Waals surface area contributed by atoms with Crippen molar-refractivity contribution < 1.29 is 26.8 Å². The Balaban J connectivity index is 2.19. The summed E-state index contributed by atoms with van der Waals surface area (Å²) in [6, 6.07) is 4.13. The number of aromatic nitrogens is 1. The lowest BCUT2D eigenvalue weighted by Gasteiger charge is -2.03. The summed E-state index contributed by atoms with van der Waals surface area (Å²) >= 11 is 0. The number of carbonyl (C=O) groups is 1. The molecular formula is C13H7F3N2O4. The molecule has 1 amide bonds. The molecule has 3 aromatic rings. The Morgan fingerprint density at radius 1 is 1.27 bits per heavy atom. The van der Waals surface area contributed by atoms with Crippen LogP contribution in [0.3, 0.4) is 0 Å². The largest absolute Gasteiger partial charge is 0.471 e. The summed E-state index contributed by atoms with van der Waals surface area (Å²) < 4.78 is 46.7. The first-order valence-corrected chi connectivity index (χ1v) is 5.98. The van der Waals surface area contributed by atoms with Crippen LogP contribution < -0.4 is 10.9 Å². The number of amides is 1. The van der Waals surface area contributed by atoms with Crippen molar-refractivity contribution in [1.29, 1.82) is 0 Å². The molecule has 0 saturated heterocycles. The fraction of sp³-hybridized carbons (Fsp3) is 0.154. The second kappa shape index (κ2) is 4.58. The standard InChI is InChI=1S/C13H7F3N2O4/c1-5-2-3-7-6(4-5)9-8(10(19)21-7)17-12(22-9)18-11(20)13(14,15)16/h2-4H,1H3,(H,17,18,20). The highest BCUT2D eigenvalue weighted by atomic mass is 19.4. The van der Waals surface area contributed by atoms with Gasteiger partial charge in [-0.1, -0.05) is 11.6 Å². The van der Waals surface area contributed by atoms with Gasteiger partial charge in [-0.15, -0.1) is 0 Å². The van der Waals surface area contributed by atoms with E-state index in [2.05, 4.69) is 4.98 Å². The van der Waals surface area contributed by atoms with E-state index in [4.69, 9.17) is 8.83 Å². The Bertz CT molecular complexity index is 955. The minimum atomic E-state index is -5.09. The van der Waals surface area contributed by atoms with Crippen LogP contribution in [0.4, 0.5) is 19.2 Å². The molecule has 2 aromatic heterocycles. The van der Waals surface area contributed by atoms with Crippen molar-refractivity contribution in [1.82, 2.24) is 4.98 Å². The second-order valence-electron chi connectivity index (χ2n) is 4.54. The third-order valence-electron chi connectivity index (χ3n) is 2.88. The van der Waals surface area contributed by atoms with Gasteiger partial charge in [-0.25, -0.2) is 4.79 Å². The number of halogens is 3. The van der Waals surface area contributed by atoms with Crippen molar-refractivity contribution in [3.8, 4) is 0 Å². The van der Waals surface area contributed by atoms with Gasteiger partial charge in [0.1, 0.15) is 5.58 Å². The van der Waals surface area contributed by atoms with Crippen LogP contribution in [0.15, 0.2) is 31.8 Å². The molecule has 0 aliphatic rings. The van der Waals surface area contributed by atoms with Gasteiger partial charge >= 0.3 is 23.7 Å². The first-order chi connectivity index (χ1) is 10.3. The normalized spacial score (nSPS) is 12.0. The van der Waals surface area contributed by atoms with Crippen LogP contribution in [-0.4, -0.2) is 17.1 Å². The van der Waals surface area contributed by atoms with E-state index in [9.17, 15) is 22.8 Å². The zero-order chi connectivity index (χ0) is 16.1. The number of alkyl halides is 3. The molecule has 0 bridgehead atoms. The summed E-state index contributed by atoms with van der Waals surface area (Å²) in [5, 5.41) is 1.83. The van der Waals surface area contributed by atoms with Crippen LogP contribution in [0.5, 0.6) is 0 Å². The van der Waals surface area contributed by atoms with Gasteiger partial charge in [0.15, 0.2) is 11.1 Å². The molecule has 0 saturated carbocycles. The first kappa shape index (κ1) is 14.1. The summed E-state index contributed by atoms with van der Waals surface area (Å²) in [6.07, 6.45) is -5.09. The maximum absolute atomic E-state index is 12.2. The van der Waals surface area contributed by atoms with Crippen molar-refractivity contribution in [2.75, 3.05) is 5.32 Å². The summed E-state index contributed by atoms with van der Waals surface area (Å²) in [6.45, 7) is 1.78. The SMILES string of the molecule is Cc1ccc2oc(=O)c3nc(NC(=O)C(F)(F)F)oc3c2c1. The molecule has 0 fully saturated rings. The number of hydrogen-bond acceptors (Lipinski definition) is 5. The fourth-order valence-electron chi connectivity index (χ4n) is 1.92. The molecule has 1 aromatic carbocycles. The van der Waals surface area contributed by atoms with Gasteiger partial charge in [-0.3, -0.25) is 10.1 Å². The first-order valence-electron chi connectivity index (χ1n) is 5.98. The third kappa shape index (κ3) is 2.30. The number of nitrogens with zero attached hydrogens (tertiary/aromatic N) is 1. The Kier molecular flexibility index (Phi) is 2.94. The average Bonchev–Trinajstić information content (AvgIpc) is 2.83. The molecule has 6 nitrogen and oxygen atoms in total. The Morgan fingerprint density at radius 2 is 2.00 bits per heavy atom. The highest BCUT2D eigenvalue weighted by Crippen LogP contribution is 2.27. The van der Waals surface area contributed by atoms with Gasteiger partial charge in [0, 0.05) is 0 Å². The van der Waals surface area contributed by atoms with Gasteiger partial charge in [-0.2, -0.15) is 18.2 Å². The molecule has 9 heteroatoms. The number of hydrogen-bond donors (Lipinski definition) is 1. The molecule has 1 N–H and O–H groups in total. The van der Waals surface area contributed by atoms with Crippen LogP contribution in [0.1, 0.15) is 5.56 Å². The van der Waals surface area contributed by atoms with Crippen molar-refractivity contribution in [3.63, 3.8) is 0 Å². The maximum atomic E-state index is 12.2. The average molecular weight is 312 g/mol. The van der Waals surface area contributed by atoms with Gasteiger partial charge in [-0.05, 0) is 19.1 Å². The monoisotopic (exact) mass is 312 g/mol. The summed E-state index contributed by atoms with van der Waals surface area (Å²) in [7, 11) is 0. The van der Waals surface area contributed by atoms with Crippen molar-refractivity contribution >= 4 is 34.0 Å². The van der Waals surface area contributed by atoms with Crippen LogP contribution in [-0.2, 0) is 4.79 Å². The van der Waals surface area contributed by atoms with Gasteiger partial charge in [0.25, 0.3) is 0 Å². The van der Waals surface area contributed by atoms with E-state index >= 15 is 0 Å². The van der Waals surface area contributed by atoms with Crippen LogP contribution >= 0.6 is 0 Å². The zero-order valence-corrected chi connectivity index (χ0v) is 10.9. The number of aryl methyl sites for hydroxylation is 1. The van der Waals surface area contributed by atoms with Crippen LogP contribution in [0.2, 0.25) is 0 Å². The van der Waals surface area contributed by atoms with E-state index in [1.165, 1.54) is 11.4 Å². The summed E-state index contributed by atoms with van der Waals surface area (Å²) in [5.74, 6) is -2.25. The van der Waals surface area contributed by atoms with E-state index in [1.807, 2.05) is 0 Å². The van der Waals surface area contributed by atoms with E-state index < -0.39 is 23.7 Å². The van der Waals surface area contributed by atoms with Crippen LogP contribution in [0, 0.1) is 6.92 Å². The topological polar surface area (TPSA) is 85.3 Å². The van der Waals surface area contributed by atoms with E-state index in [1.54, 1.807) is 19.1 Å². The van der Waals surface area contributed by atoms with E-state index in [0.29, 0.717) is 5.39 Å². The highest BCUT2D eigenvalue weighted by molar-refractivity contribution is 6.01. The summed E-state index contributed by atoms with van der Waals surface area (Å²) in [4.78, 5) is 26.2. The predicted octanol–water partition coefficient (Wildman–Crippen LogP) is 2.74. The van der Waals surface area contributed by atoms with Crippen molar-refractivity contribution in [3.05, 3.63) is 34.2 Å². The molecule has 0 aliphatic heterocycles. The zero-order valence-electron chi connectivity index (χ0n) is 10.9. The smallest absolute Gasteiger partial charge is 0.422 e.